The Morgan fingerprint density at radius 3 is 2.42 bits per heavy atom. The molecule has 0 unspecified atom stereocenters. The van der Waals surface area contributed by atoms with Gasteiger partial charge in [-0.1, -0.05) is 56.3 Å². The molecular weight excluding hydrogens is 298 g/mol. The first kappa shape index (κ1) is 18.5. The van der Waals surface area contributed by atoms with Gasteiger partial charge in [0, 0.05) is 12.5 Å². The average Bonchev–Trinajstić information content (AvgIpc) is 2.59. The standard InChI is InChI=1S/C21H29NO2/c1-5-21(23,17(2)15-22(3)4)19-12-9-13-20(14-19)24-16-18-10-7-6-8-11-18/h6-14,17,23H,5,15-16H2,1-4H3/t17-,21+/m0/s1. The summed E-state index contributed by atoms with van der Waals surface area (Å²) in [6.45, 7) is 5.49. The summed E-state index contributed by atoms with van der Waals surface area (Å²) in [6.07, 6.45) is 0.671. The molecule has 0 aliphatic rings. The van der Waals surface area contributed by atoms with Crippen molar-refractivity contribution in [1.82, 2.24) is 4.90 Å². The first-order chi connectivity index (χ1) is 11.5. The van der Waals surface area contributed by atoms with Gasteiger partial charge in [0.2, 0.25) is 0 Å². The van der Waals surface area contributed by atoms with Crippen molar-refractivity contribution in [3.8, 4) is 5.75 Å². The maximum absolute atomic E-state index is 11.2. The van der Waals surface area contributed by atoms with Crippen molar-refractivity contribution in [2.75, 3.05) is 20.6 Å². The van der Waals surface area contributed by atoms with Crippen LogP contribution in [0.3, 0.4) is 0 Å². The van der Waals surface area contributed by atoms with Crippen LogP contribution in [0.25, 0.3) is 0 Å². The molecule has 130 valence electrons. The van der Waals surface area contributed by atoms with Gasteiger partial charge in [0.1, 0.15) is 12.4 Å². The minimum Gasteiger partial charge on any atom is -0.489 e. The van der Waals surface area contributed by atoms with Crippen LogP contribution in [-0.4, -0.2) is 30.6 Å². The molecular formula is C21H29NO2. The second-order valence-electron chi connectivity index (χ2n) is 6.74. The molecule has 0 radical (unpaired) electrons. The van der Waals surface area contributed by atoms with Gasteiger partial charge in [-0.25, -0.2) is 0 Å². The van der Waals surface area contributed by atoms with Crippen molar-refractivity contribution in [2.24, 2.45) is 5.92 Å². The van der Waals surface area contributed by atoms with Crippen LogP contribution in [0.4, 0.5) is 0 Å². The van der Waals surface area contributed by atoms with Gasteiger partial charge in [-0.3, -0.25) is 0 Å². The van der Waals surface area contributed by atoms with E-state index >= 15 is 0 Å². The molecule has 0 saturated heterocycles. The fourth-order valence-corrected chi connectivity index (χ4v) is 3.13. The average molecular weight is 327 g/mol. The molecule has 0 amide bonds. The molecule has 0 aliphatic carbocycles. The normalized spacial score (nSPS) is 15.1. The quantitative estimate of drug-likeness (QED) is 0.793. The van der Waals surface area contributed by atoms with E-state index in [0.717, 1.165) is 23.4 Å². The number of nitrogens with zero attached hydrogens (tertiary/aromatic N) is 1. The molecule has 2 aromatic rings. The molecule has 0 aliphatic heterocycles. The van der Waals surface area contributed by atoms with E-state index < -0.39 is 5.60 Å². The molecule has 3 nitrogen and oxygen atoms in total. The van der Waals surface area contributed by atoms with Crippen LogP contribution in [-0.2, 0) is 12.2 Å². The number of hydrogen-bond acceptors (Lipinski definition) is 3. The van der Waals surface area contributed by atoms with Crippen molar-refractivity contribution in [2.45, 2.75) is 32.5 Å². The molecule has 0 saturated carbocycles. The summed E-state index contributed by atoms with van der Waals surface area (Å²) in [5.41, 5.74) is 1.20. The van der Waals surface area contributed by atoms with E-state index in [1.807, 2.05) is 75.6 Å². The van der Waals surface area contributed by atoms with Crippen LogP contribution in [0.15, 0.2) is 54.6 Å². The van der Waals surface area contributed by atoms with Gasteiger partial charge >= 0.3 is 0 Å². The Kier molecular flexibility index (Phi) is 6.41. The monoisotopic (exact) mass is 327 g/mol. The summed E-state index contributed by atoms with van der Waals surface area (Å²) in [4.78, 5) is 2.11. The SMILES string of the molecule is CC[C@](O)(c1cccc(OCc2ccccc2)c1)[C@@H](C)CN(C)C. The highest BCUT2D eigenvalue weighted by Gasteiger charge is 2.34. The van der Waals surface area contributed by atoms with Gasteiger partial charge < -0.3 is 14.7 Å². The molecule has 0 aromatic heterocycles. The van der Waals surface area contributed by atoms with Crippen molar-refractivity contribution in [3.05, 3.63) is 65.7 Å². The Bertz CT molecular complexity index is 627. The first-order valence-corrected chi connectivity index (χ1v) is 8.60. The first-order valence-electron chi connectivity index (χ1n) is 8.60. The third-order valence-electron chi connectivity index (χ3n) is 4.58. The van der Waals surface area contributed by atoms with Gasteiger partial charge in [0.25, 0.3) is 0 Å². The minimum absolute atomic E-state index is 0.127. The number of aliphatic hydroxyl groups is 1. The van der Waals surface area contributed by atoms with E-state index in [4.69, 9.17) is 4.74 Å². The third-order valence-corrected chi connectivity index (χ3v) is 4.58. The predicted molar refractivity (Wildman–Crippen MR) is 99.1 cm³/mol. The maximum Gasteiger partial charge on any atom is 0.120 e. The lowest BCUT2D eigenvalue weighted by Crippen LogP contribution is -2.38. The fourth-order valence-electron chi connectivity index (χ4n) is 3.13. The Morgan fingerprint density at radius 2 is 1.79 bits per heavy atom. The smallest absolute Gasteiger partial charge is 0.120 e. The van der Waals surface area contributed by atoms with Crippen LogP contribution in [0.2, 0.25) is 0 Å². The second kappa shape index (κ2) is 8.32. The zero-order valence-electron chi connectivity index (χ0n) is 15.2. The van der Waals surface area contributed by atoms with Crippen LogP contribution < -0.4 is 4.74 Å². The van der Waals surface area contributed by atoms with E-state index in [-0.39, 0.29) is 5.92 Å². The molecule has 2 atom stereocenters. The molecule has 0 bridgehead atoms. The summed E-state index contributed by atoms with van der Waals surface area (Å²) in [6, 6.07) is 18.0. The van der Waals surface area contributed by atoms with Crippen LogP contribution in [0.1, 0.15) is 31.4 Å². The molecule has 1 N–H and O–H groups in total. The van der Waals surface area contributed by atoms with E-state index in [0.29, 0.717) is 13.0 Å². The molecule has 0 spiro atoms. The molecule has 0 heterocycles. The van der Waals surface area contributed by atoms with Crippen molar-refractivity contribution in [3.63, 3.8) is 0 Å². The van der Waals surface area contributed by atoms with Gasteiger partial charge in [-0.2, -0.15) is 0 Å². The lowest BCUT2D eigenvalue weighted by atomic mass is 9.80. The minimum atomic E-state index is -0.851. The van der Waals surface area contributed by atoms with E-state index in [1.54, 1.807) is 0 Å². The van der Waals surface area contributed by atoms with Crippen molar-refractivity contribution < 1.29 is 9.84 Å². The Balaban J connectivity index is 2.15. The highest BCUT2D eigenvalue weighted by molar-refractivity contribution is 5.33. The topological polar surface area (TPSA) is 32.7 Å². The maximum atomic E-state index is 11.2. The van der Waals surface area contributed by atoms with E-state index in [2.05, 4.69) is 11.8 Å². The summed E-state index contributed by atoms with van der Waals surface area (Å²) < 4.78 is 5.91. The summed E-state index contributed by atoms with van der Waals surface area (Å²) in [7, 11) is 4.07. The van der Waals surface area contributed by atoms with Gasteiger partial charge in [-0.15, -0.1) is 0 Å². The van der Waals surface area contributed by atoms with Gasteiger partial charge in [-0.05, 0) is 43.8 Å². The van der Waals surface area contributed by atoms with E-state index in [9.17, 15) is 5.11 Å². The van der Waals surface area contributed by atoms with Crippen molar-refractivity contribution in [1.29, 1.82) is 0 Å². The lowest BCUT2D eigenvalue weighted by molar-refractivity contribution is -0.0293. The van der Waals surface area contributed by atoms with Gasteiger partial charge in [0.05, 0.1) is 5.60 Å². The largest absolute Gasteiger partial charge is 0.489 e. The highest BCUT2D eigenvalue weighted by Crippen LogP contribution is 2.35. The van der Waals surface area contributed by atoms with Crippen molar-refractivity contribution >= 4 is 0 Å². The Hall–Kier alpha value is -1.84. The fraction of sp³-hybridized carbons (Fsp3) is 0.429. The van der Waals surface area contributed by atoms with Crippen LogP contribution in [0.5, 0.6) is 5.75 Å². The Labute approximate surface area is 145 Å². The summed E-state index contributed by atoms with van der Waals surface area (Å²) in [5.74, 6) is 0.919. The molecule has 3 heteroatoms. The highest BCUT2D eigenvalue weighted by atomic mass is 16.5. The molecule has 0 fully saturated rings. The number of rotatable bonds is 8. The van der Waals surface area contributed by atoms with Crippen LogP contribution >= 0.6 is 0 Å². The summed E-state index contributed by atoms with van der Waals surface area (Å²) >= 11 is 0. The number of hydrogen-bond donors (Lipinski definition) is 1. The lowest BCUT2D eigenvalue weighted by Gasteiger charge is -2.35. The third kappa shape index (κ3) is 4.59. The zero-order valence-corrected chi connectivity index (χ0v) is 15.2. The molecule has 2 aromatic carbocycles. The zero-order chi connectivity index (χ0) is 17.6. The summed E-state index contributed by atoms with van der Waals surface area (Å²) in [5, 5.41) is 11.2. The van der Waals surface area contributed by atoms with E-state index in [1.165, 1.54) is 0 Å². The number of benzene rings is 2. The number of ether oxygens (including phenoxy) is 1. The predicted octanol–water partition coefficient (Wildman–Crippen LogP) is 4.06. The van der Waals surface area contributed by atoms with Gasteiger partial charge in [0.15, 0.2) is 0 Å². The second-order valence-corrected chi connectivity index (χ2v) is 6.74. The molecule has 24 heavy (non-hydrogen) atoms. The molecule has 2 rings (SSSR count). The van der Waals surface area contributed by atoms with Crippen LogP contribution in [0, 0.1) is 5.92 Å². The Morgan fingerprint density at radius 1 is 1.08 bits per heavy atom.